The van der Waals surface area contributed by atoms with Gasteiger partial charge in [0.2, 0.25) is 0 Å². The van der Waals surface area contributed by atoms with Gasteiger partial charge in [-0.3, -0.25) is 0 Å². The standard InChI is InChI=1S/C16H9Br2N/c17-10-5-6-11-9(8-10)4-7-14-15(11)16-12(18)2-1-3-13(16)19-14/h1-8,19H. The maximum atomic E-state index is 3.67. The fourth-order valence-corrected chi connectivity index (χ4v) is 3.64. The largest absolute Gasteiger partial charge is 0.354 e. The van der Waals surface area contributed by atoms with Crippen molar-refractivity contribution in [1.82, 2.24) is 4.98 Å². The Bertz CT molecular complexity index is 938. The molecule has 1 heterocycles. The van der Waals surface area contributed by atoms with Crippen molar-refractivity contribution in [1.29, 1.82) is 0 Å². The second-order valence-corrected chi connectivity index (χ2v) is 6.41. The van der Waals surface area contributed by atoms with Gasteiger partial charge in [0.15, 0.2) is 0 Å². The van der Waals surface area contributed by atoms with Gasteiger partial charge in [-0.05, 0) is 41.1 Å². The molecule has 1 aromatic heterocycles. The summed E-state index contributed by atoms with van der Waals surface area (Å²) in [5.41, 5.74) is 2.34. The summed E-state index contributed by atoms with van der Waals surface area (Å²) >= 11 is 7.20. The molecule has 1 N–H and O–H groups in total. The normalized spacial score (nSPS) is 11.7. The van der Waals surface area contributed by atoms with Gasteiger partial charge in [0.1, 0.15) is 0 Å². The van der Waals surface area contributed by atoms with Gasteiger partial charge in [-0.1, -0.05) is 50.1 Å². The van der Waals surface area contributed by atoms with Crippen molar-refractivity contribution < 1.29 is 0 Å². The molecule has 3 heteroatoms. The molecule has 0 radical (unpaired) electrons. The van der Waals surface area contributed by atoms with Crippen molar-refractivity contribution in [3.63, 3.8) is 0 Å². The van der Waals surface area contributed by atoms with Crippen LogP contribution in [0.1, 0.15) is 0 Å². The fraction of sp³-hybridized carbons (Fsp3) is 0. The van der Waals surface area contributed by atoms with Crippen LogP contribution in [-0.4, -0.2) is 4.98 Å². The van der Waals surface area contributed by atoms with Crippen LogP contribution in [-0.2, 0) is 0 Å². The Morgan fingerprint density at radius 1 is 0.789 bits per heavy atom. The molecule has 0 saturated carbocycles. The van der Waals surface area contributed by atoms with Gasteiger partial charge >= 0.3 is 0 Å². The monoisotopic (exact) mass is 373 g/mol. The first-order valence-electron chi connectivity index (χ1n) is 6.02. The van der Waals surface area contributed by atoms with Crippen molar-refractivity contribution in [3.05, 3.63) is 57.5 Å². The zero-order chi connectivity index (χ0) is 13.0. The summed E-state index contributed by atoms with van der Waals surface area (Å²) in [5, 5.41) is 5.07. The molecule has 0 fully saturated rings. The van der Waals surface area contributed by atoms with E-state index in [1.165, 1.54) is 32.6 Å². The number of benzene rings is 3. The summed E-state index contributed by atoms with van der Waals surface area (Å²) < 4.78 is 2.24. The molecule has 4 aromatic rings. The van der Waals surface area contributed by atoms with E-state index >= 15 is 0 Å². The van der Waals surface area contributed by atoms with Crippen LogP contribution in [0.25, 0.3) is 32.6 Å². The van der Waals surface area contributed by atoms with Crippen LogP contribution in [0.2, 0.25) is 0 Å². The molecule has 0 aliphatic heterocycles. The smallest absolute Gasteiger partial charge is 0.0476 e. The van der Waals surface area contributed by atoms with E-state index in [1.807, 2.05) is 0 Å². The second kappa shape index (κ2) is 4.09. The Balaban J connectivity index is 2.34. The molecule has 19 heavy (non-hydrogen) atoms. The Labute approximate surface area is 126 Å². The lowest BCUT2D eigenvalue weighted by molar-refractivity contribution is 1.55. The highest BCUT2D eigenvalue weighted by Gasteiger charge is 2.10. The first-order chi connectivity index (χ1) is 9.24. The molecule has 0 bridgehead atoms. The maximum absolute atomic E-state index is 3.67. The number of fused-ring (bicyclic) bond motifs is 5. The van der Waals surface area contributed by atoms with E-state index in [4.69, 9.17) is 0 Å². The average Bonchev–Trinajstić information content (AvgIpc) is 2.78. The molecule has 92 valence electrons. The third-order valence-corrected chi connectivity index (χ3v) is 4.67. The van der Waals surface area contributed by atoms with Gasteiger partial charge < -0.3 is 4.98 Å². The van der Waals surface area contributed by atoms with Crippen LogP contribution in [0.4, 0.5) is 0 Å². The van der Waals surface area contributed by atoms with E-state index in [9.17, 15) is 0 Å². The summed E-state index contributed by atoms with van der Waals surface area (Å²) in [6, 6.07) is 17.0. The molecule has 0 aliphatic carbocycles. The predicted molar refractivity (Wildman–Crippen MR) is 88.7 cm³/mol. The van der Waals surface area contributed by atoms with E-state index in [1.54, 1.807) is 0 Å². The number of rotatable bonds is 0. The maximum Gasteiger partial charge on any atom is 0.0476 e. The molecule has 3 aromatic carbocycles. The van der Waals surface area contributed by atoms with E-state index in [0.29, 0.717) is 0 Å². The van der Waals surface area contributed by atoms with Gasteiger partial charge in [-0.15, -0.1) is 0 Å². The Morgan fingerprint density at radius 3 is 2.53 bits per heavy atom. The highest BCUT2D eigenvalue weighted by Crippen LogP contribution is 2.36. The molecule has 4 rings (SSSR count). The van der Waals surface area contributed by atoms with Crippen LogP contribution in [0.5, 0.6) is 0 Å². The minimum absolute atomic E-state index is 1.11. The molecule has 0 spiro atoms. The molecule has 0 unspecified atom stereocenters. The lowest BCUT2D eigenvalue weighted by Crippen LogP contribution is -1.76. The quantitative estimate of drug-likeness (QED) is 0.388. The Morgan fingerprint density at radius 2 is 1.63 bits per heavy atom. The molecule has 1 nitrogen and oxygen atoms in total. The zero-order valence-electron chi connectivity index (χ0n) is 9.87. The third-order valence-electron chi connectivity index (χ3n) is 3.51. The average molecular weight is 375 g/mol. The van der Waals surface area contributed by atoms with E-state index < -0.39 is 0 Å². The Kier molecular flexibility index (Phi) is 2.47. The van der Waals surface area contributed by atoms with Gasteiger partial charge in [0.05, 0.1) is 0 Å². The van der Waals surface area contributed by atoms with Crippen molar-refractivity contribution in [2.45, 2.75) is 0 Å². The summed E-state index contributed by atoms with van der Waals surface area (Å²) in [5.74, 6) is 0. The van der Waals surface area contributed by atoms with Crippen LogP contribution in [0.15, 0.2) is 57.5 Å². The van der Waals surface area contributed by atoms with Gasteiger partial charge in [-0.2, -0.15) is 0 Å². The number of hydrogen-bond donors (Lipinski definition) is 1. The summed E-state index contributed by atoms with van der Waals surface area (Å²) in [7, 11) is 0. The van der Waals surface area contributed by atoms with Crippen molar-refractivity contribution in [3.8, 4) is 0 Å². The molecule has 0 atom stereocenters. The van der Waals surface area contributed by atoms with Gasteiger partial charge in [0, 0.05) is 30.8 Å². The number of halogens is 2. The number of aromatic amines is 1. The number of aromatic nitrogens is 1. The Hall–Kier alpha value is -1.32. The summed E-state index contributed by atoms with van der Waals surface area (Å²) in [6.07, 6.45) is 0. The highest BCUT2D eigenvalue weighted by atomic mass is 79.9. The lowest BCUT2D eigenvalue weighted by Gasteiger charge is -2.02. The number of nitrogens with one attached hydrogen (secondary N) is 1. The number of H-pyrrole nitrogens is 1. The highest BCUT2D eigenvalue weighted by molar-refractivity contribution is 9.11. The fourth-order valence-electron chi connectivity index (χ4n) is 2.70. The molecule has 0 aliphatic rings. The SMILES string of the molecule is Brc1ccc2c(ccc3[nH]c4cccc(Br)c4c32)c1. The number of hydrogen-bond acceptors (Lipinski definition) is 0. The molecule has 0 amide bonds. The minimum Gasteiger partial charge on any atom is -0.354 e. The van der Waals surface area contributed by atoms with Crippen LogP contribution in [0, 0.1) is 0 Å². The first-order valence-corrected chi connectivity index (χ1v) is 7.61. The molecular weight excluding hydrogens is 366 g/mol. The predicted octanol–water partition coefficient (Wildman–Crippen LogP) is 6.00. The zero-order valence-corrected chi connectivity index (χ0v) is 13.0. The van der Waals surface area contributed by atoms with Crippen LogP contribution in [0.3, 0.4) is 0 Å². The molecular formula is C16H9Br2N. The summed E-state index contributed by atoms with van der Waals surface area (Å²) in [6.45, 7) is 0. The topological polar surface area (TPSA) is 15.8 Å². The van der Waals surface area contributed by atoms with Gasteiger partial charge in [0.25, 0.3) is 0 Å². The third kappa shape index (κ3) is 1.65. The lowest BCUT2D eigenvalue weighted by atomic mass is 10.0. The van der Waals surface area contributed by atoms with Crippen molar-refractivity contribution >= 4 is 64.4 Å². The van der Waals surface area contributed by atoms with Crippen molar-refractivity contribution in [2.75, 3.05) is 0 Å². The van der Waals surface area contributed by atoms with Crippen LogP contribution >= 0.6 is 31.9 Å². The van der Waals surface area contributed by atoms with E-state index in [0.717, 1.165) is 8.95 Å². The molecule has 0 saturated heterocycles. The minimum atomic E-state index is 1.11. The van der Waals surface area contributed by atoms with E-state index in [2.05, 4.69) is 85.4 Å². The second-order valence-electron chi connectivity index (χ2n) is 4.64. The summed E-state index contributed by atoms with van der Waals surface area (Å²) in [4.78, 5) is 3.48. The van der Waals surface area contributed by atoms with Crippen LogP contribution < -0.4 is 0 Å². The van der Waals surface area contributed by atoms with Gasteiger partial charge in [-0.25, -0.2) is 0 Å². The van der Waals surface area contributed by atoms with E-state index in [-0.39, 0.29) is 0 Å². The first kappa shape index (κ1) is 11.5. The van der Waals surface area contributed by atoms with Crippen molar-refractivity contribution in [2.24, 2.45) is 0 Å².